The van der Waals surface area contributed by atoms with Crippen molar-refractivity contribution in [2.24, 2.45) is 7.05 Å². The molecule has 1 saturated heterocycles. The number of aryl methyl sites for hydroxylation is 1. The molecule has 0 radical (unpaired) electrons. The molecule has 1 aromatic carbocycles. The first-order valence-corrected chi connectivity index (χ1v) is 8.92. The van der Waals surface area contributed by atoms with E-state index in [0.29, 0.717) is 24.5 Å². The van der Waals surface area contributed by atoms with Crippen molar-refractivity contribution in [3.63, 3.8) is 0 Å². The van der Waals surface area contributed by atoms with E-state index in [-0.39, 0.29) is 5.91 Å². The van der Waals surface area contributed by atoms with Crippen molar-refractivity contribution in [3.05, 3.63) is 54.4 Å². The molecule has 2 aromatic heterocycles. The predicted octanol–water partition coefficient (Wildman–Crippen LogP) is 2.65. The molecule has 3 heterocycles. The molecule has 1 aliphatic rings. The van der Waals surface area contributed by atoms with Crippen molar-refractivity contribution < 1.29 is 13.9 Å². The Labute approximate surface area is 157 Å². The van der Waals surface area contributed by atoms with E-state index in [1.54, 1.807) is 24.1 Å². The third kappa shape index (κ3) is 3.40. The second kappa shape index (κ2) is 7.19. The number of ether oxygens (including phenoxy) is 1. The summed E-state index contributed by atoms with van der Waals surface area (Å²) in [4.78, 5) is 17.0. The van der Waals surface area contributed by atoms with Gasteiger partial charge < -0.3 is 19.0 Å². The van der Waals surface area contributed by atoms with E-state index >= 15 is 0 Å². The number of carbonyl (C=O) groups is 1. The molecule has 0 N–H and O–H groups in total. The zero-order chi connectivity index (χ0) is 18.8. The van der Waals surface area contributed by atoms with Crippen molar-refractivity contribution in [2.45, 2.75) is 0 Å². The van der Waals surface area contributed by atoms with Gasteiger partial charge in [-0.2, -0.15) is 5.10 Å². The predicted molar refractivity (Wildman–Crippen MR) is 102 cm³/mol. The lowest BCUT2D eigenvalue weighted by Gasteiger charge is -2.35. The Bertz CT molecular complexity index is 907. The SMILES string of the molecule is COc1ccc(N2CCN(C(=O)c3cc(-c4ccco4)n(C)n3)CC2)cc1. The van der Waals surface area contributed by atoms with Gasteiger partial charge in [0.15, 0.2) is 11.5 Å². The van der Waals surface area contributed by atoms with Crippen LogP contribution < -0.4 is 9.64 Å². The fraction of sp³-hybridized carbons (Fsp3) is 0.300. The van der Waals surface area contributed by atoms with Crippen LogP contribution in [0.5, 0.6) is 5.75 Å². The summed E-state index contributed by atoms with van der Waals surface area (Å²) in [5, 5.41) is 4.38. The summed E-state index contributed by atoms with van der Waals surface area (Å²) >= 11 is 0. The molecule has 1 aliphatic heterocycles. The van der Waals surface area contributed by atoms with E-state index in [1.165, 1.54) is 0 Å². The Kier molecular flexibility index (Phi) is 4.58. The van der Waals surface area contributed by atoms with Crippen LogP contribution in [0.1, 0.15) is 10.5 Å². The molecule has 0 saturated carbocycles. The Hall–Kier alpha value is -3.22. The first-order valence-electron chi connectivity index (χ1n) is 8.92. The average Bonchev–Trinajstić information content (AvgIpc) is 3.37. The van der Waals surface area contributed by atoms with Crippen LogP contribution >= 0.6 is 0 Å². The zero-order valence-electron chi connectivity index (χ0n) is 15.5. The average molecular weight is 366 g/mol. The molecule has 1 amide bonds. The van der Waals surface area contributed by atoms with Crippen molar-refractivity contribution in [3.8, 4) is 17.2 Å². The highest BCUT2D eigenvalue weighted by Crippen LogP contribution is 2.23. The van der Waals surface area contributed by atoms with E-state index in [2.05, 4.69) is 10.00 Å². The molecule has 0 atom stereocenters. The Morgan fingerprint density at radius 3 is 2.48 bits per heavy atom. The first kappa shape index (κ1) is 17.2. The van der Waals surface area contributed by atoms with Gasteiger partial charge in [0.2, 0.25) is 0 Å². The summed E-state index contributed by atoms with van der Waals surface area (Å²) in [6.45, 7) is 2.90. The largest absolute Gasteiger partial charge is 0.497 e. The van der Waals surface area contributed by atoms with E-state index < -0.39 is 0 Å². The van der Waals surface area contributed by atoms with E-state index in [0.717, 1.165) is 30.2 Å². The highest BCUT2D eigenvalue weighted by Gasteiger charge is 2.25. The maximum atomic E-state index is 12.8. The third-order valence-corrected chi connectivity index (χ3v) is 4.88. The number of aromatic nitrogens is 2. The quantitative estimate of drug-likeness (QED) is 0.710. The number of rotatable bonds is 4. The second-order valence-electron chi connectivity index (χ2n) is 6.49. The second-order valence-corrected chi connectivity index (χ2v) is 6.49. The van der Waals surface area contributed by atoms with Crippen LogP contribution in [0.2, 0.25) is 0 Å². The van der Waals surface area contributed by atoms with Gasteiger partial charge in [0.1, 0.15) is 11.4 Å². The van der Waals surface area contributed by atoms with Gasteiger partial charge in [-0.1, -0.05) is 0 Å². The van der Waals surface area contributed by atoms with Crippen LogP contribution in [-0.2, 0) is 7.05 Å². The van der Waals surface area contributed by atoms with Gasteiger partial charge in [0.05, 0.1) is 13.4 Å². The van der Waals surface area contributed by atoms with Gasteiger partial charge >= 0.3 is 0 Å². The summed E-state index contributed by atoms with van der Waals surface area (Å²) in [5.74, 6) is 1.50. The Morgan fingerprint density at radius 2 is 1.85 bits per heavy atom. The molecule has 0 spiro atoms. The molecule has 0 bridgehead atoms. The van der Waals surface area contributed by atoms with Crippen LogP contribution in [0.25, 0.3) is 11.5 Å². The van der Waals surface area contributed by atoms with Crippen LogP contribution in [0.15, 0.2) is 53.1 Å². The molecule has 1 fully saturated rings. The van der Waals surface area contributed by atoms with Crippen LogP contribution in [0.4, 0.5) is 5.69 Å². The van der Waals surface area contributed by atoms with Gasteiger partial charge in [-0.05, 0) is 36.4 Å². The normalized spacial score (nSPS) is 14.4. The lowest BCUT2D eigenvalue weighted by Crippen LogP contribution is -2.48. The third-order valence-electron chi connectivity index (χ3n) is 4.88. The number of hydrogen-bond acceptors (Lipinski definition) is 5. The summed E-state index contributed by atoms with van der Waals surface area (Å²) in [5.41, 5.74) is 2.38. The van der Waals surface area contributed by atoms with Crippen LogP contribution in [0.3, 0.4) is 0 Å². The molecule has 7 nitrogen and oxygen atoms in total. The lowest BCUT2D eigenvalue weighted by atomic mass is 10.2. The Morgan fingerprint density at radius 1 is 1.11 bits per heavy atom. The highest BCUT2D eigenvalue weighted by atomic mass is 16.5. The molecule has 140 valence electrons. The number of carbonyl (C=O) groups excluding carboxylic acids is 1. The molecular formula is C20H22N4O3. The number of furan rings is 1. The smallest absolute Gasteiger partial charge is 0.274 e. The summed E-state index contributed by atoms with van der Waals surface area (Å²) in [6, 6.07) is 13.5. The van der Waals surface area contributed by atoms with E-state index in [4.69, 9.17) is 9.15 Å². The minimum absolute atomic E-state index is 0.0437. The van der Waals surface area contributed by atoms with Crippen molar-refractivity contribution in [2.75, 3.05) is 38.2 Å². The number of methoxy groups -OCH3 is 1. The number of anilines is 1. The molecule has 27 heavy (non-hydrogen) atoms. The molecule has 3 aromatic rings. The molecule has 4 rings (SSSR count). The van der Waals surface area contributed by atoms with Crippen LogP contribution in [-0.4, -0.2) is 53.9 Å². The molecular weight excluding hydrogens is 344 g/mol. The van der Waals surface area contributed by atoms with Gasteiger partial charge in [-0.15, -0.1) is 0 Å². The summed E-state index contributed by atoms with van der Waals surface area (Å²) in [6.07, 6.45) is 1.61. The fourth-order valence-corrected chi connectivity index (χ4v) is 3.35. The van der Waals surface area contributed by atoms with E-state index in [1.807, 2.05) is 48.3 Å². The molecule has 0 unspecified atom stereocenters. The standard InChI is InChI=1S/C20H22N4O3/c1-22-18(19-4-3-13-27-19)14-17(21-22)20(25)24-11-9-23(10-12-24)15-5-7-16(26-2)8-6-15/h3-8,13-14H,9-12H2,1-2H3. The number of hydrogen-bond donors (Lipinski definition) is 0. The van der Waals surface area contributed by atoms with Crippen LogP contribution in [0, 0.1) is 0 Å². The topological polar surface area (TPSA) is 63.7 Å². The monoisotopic (exact) mass is 366 g/mol. The van der Waals surface area contributed by atoms with Crippen molar-refractivity contribution in [1.82, 2.24) is 14.7 Å². The summed E-state index contributed by atoms with van der Waals surface area (Å²) in [7, 11) is 3.48. The maximum absolute atomic E-state index is 12.8. The Balaban J connectivity index is 1.42. The zero-order valence-corrected chi connectivity index (χ0v) is 15.5. The summed E-state index contributed by atoms with van der Waals surface area (Å²) < 4.78 is 12.3. The molecule has 7 heteroatoms. The van der Waals surface area contributed by atoms with Gasteiger partial charge in [0, 0.05) is 45.0 Å². The van der Waals surface area contributed by atoms with Crippen molar-refractivity contribution in [1.29, 1.82) is 0 Å². The van der Waals surface area contributed by atoms with Crippen molar-refractivity contribution >= 4 is 11.6 Å². The van der Waals surface area contributed by atoms with Gasteiger partial charge in [-0.3, -0.25) is 9.48 Å². The minimum atomic E-state index is -0.0437. The number of benzene rings is 1. The fourth-order valence-electron chi connectivity index (χ4n) is 3.35. The van der Waals surface area contributed by atoms with E-state index in [9.17, 15) is 4.79 Å². The highest BCUT2D eigenvalue weighted by molar-refractivity contribution is 5.93. The number of piperazine rings is 1. The molecule has 0 aliphatic carbocycles. The van der Waals surface area contributed by atoms with Gasteiger partial charge in [0.25, 0.3) is 5.91 Å². The maximum Gasteiger partial charge on any atom is 0.274 e. The van der Waals surface area contributed by atoms with Gasteiger partial charge in [-0.25, -0.2) is 0 Å². The minimum Gasteiger partial charge on any atom is -0.497 e. The first-order chi connectivity index (χ1) is 13.2. The lowest BCUT2D eigenvalue weighted by molar-refractivity contribution is 0.0740. The number of nitrogens with zero attached hydrogens (tertiary/aromatic N) is 4. The number of amides is 1.